The van der Waals surface area contributed by atoms with E-state index in [2.05, 4.69) is 13.8 Å². The van der Waals surface area contributed by atoms with Crippen molar-refractivity contribution in [3.8, 4) is 0 Å². The van der Waals surface area contributed by atoms with E-state index in [0.29, 0.717) is 25.9 Å². The zero-order valence-corrected chi connectivity index (χ0v) is 12.0. The van der Waals surface area contributed by atoms with Gasteiger partial charge in [0, 0.05) is 12.8 Å². The van der Waals surface area contributed by atoms with Crippen molar-refractivity contribution in [2.75, 3.05) is 6.61 Å². The summed E-state index contributed by atoms with van der Waals surface area (Å²) in [7, 11) is 0. The van der Waals surface area contributed by atoms with Crippen LogP contribution in [0.1, 0.15) is 44.2 Å². The van der Waals surface area contributed by atoms with Gasteiger partial charge in [0.25, 0.3) is 0 Å². The van der Waals surface area contributed by atoms with E-state index >= 15 is 0 Å². The molecule has 0 amide bonds. The summed E-state index contributed by atoms with van der Waals surface area (Å²) in [5.74, 6) is -0.224. The highest BCUT2D eigenvalue weighted by molar-refractivity contribution is 5.28. The van der Waals surface area contributed by atoms with Gasteiger partial charge >= 0.3 is 0 Å². The number of halogens is 1. The third-order valence-electron chi connectivity index (χ3n) is 4.29. The summed E-state index contributed by atoms with van der Waals surface area (Å²) in [6.45, 7) is 6.60. The molecule has 1 aromatic carbocycles. The Morgan fingerprint density at radius 2 is 2.16 bits per heavy atom. The molecule has 2 rings (SSSR count). The maximum Gasteiger partial charge on any atom is 0.123 e. The molecule has 3 heteroatoms. The van der Waals surface area contributed by atoms with Crippen molar-refractivity contribution < 1.29 is 14.2 Å². The Balaban J connectivity index is 2.16. The largest absolute Gasteiger partial charge is 0.389 e. The monoisotopic (exact) mass is 266 g/mol. The molecule has 0 aromatic heterocycles. The zero-order chi connectivity index (χ0) is 14.1. The molecule has 1 aromatic rings. The molecular formula is C16H23FO2. The van der Waals surface area contributed by atoms with E-state index in [0.717, 1.165) is 17.5 Å². The Labute approximate surface area is 114 Å². The van der Waals surface area contributed by atoms with Gasteiger partial charge in [0.15, 0.2) is 0 Å². The second kappa shape index (κ2) is 5.22. The summed E-state index contributed by atoms with van der Waals surface area (Å²) in [4.78, 5) is 0. The molecule has 0 spiro atoms. The van der Waals surface area contributed by atoms with Crippen LogP contribution in [-0.4, -0.2) is 22.9 Å². The molecule has 1 aliphatic heterocycles. The van der Waals surface area contributed by atoms with E-state index in [1.807, 2.05) is 6.92 Å². The van der Waals surface area contributed by atoms with E-state index in [-0.39, 0.29) is 11.4 Å². The second-order valence-corrected chi connectivity index (χ2v) is 6.05. The molecule has 2 atom stereocenters. The SMILES string of the molecule is CCC1(C)CC(O)(Cc2ccc(F)cc2C)CCO1. The standard InChI is InChI=1S/C16H23FO2/c1-4-15(3)11-16(18,7-8-19-15)10-13-5-6-14(17)9-12(13)2/h5-6,9,18H,4,7-8,10-11H2,1-3H3. The van der Waals surface area contributed by atoms with Crippen molar-refractivity contribution in [3.63, 3.8) is 0 Å². The molecule has 0 saturated carbocycles. The maximum absolute atomic E-state index is 13.1. The molecule has 0 aliphatic carbocycles. The smallest absolute Gasteiger partial charge is 0.123 e. The van der Waals surface area contributed by atoms with Gasteiger partial charge in [-0.05, 0) is 49.9 Å². The predicted molar refractivity (Wildman–Crippen MR) is 73.7 cm³/mol. The first-order valence-corrected chi connectivity index (χ1v) is 6.97. The number of hydrogen-bond donors (Lipinski definition) is 1. The van der Waals surface area contributed by atoms with E-state index < -0.39 is 5.60 Å². The molecular weight excluding hydrogens is 243 g/mol. The highest BCUT2D eigenvalue weighted by Crippen LogP contribution is 2.36. The van der Waals surface area contributed by atoms with Crippen LogP contribution in [0.25, 0.3) is 0 Å². The van der Waals surface area contributed by atoms with Gasteiger partial charge in [-0.15, -0.1) is 0 Å². The van der Waals surface area contributed by atoms with Crippen molar-refractivity contribution >= 4 is 0 Å². The fourth-order valence-electron chi connectivity index (χ4n) is 2.91. The highest BCUT2D eigenvalue weighted by atomic mass is 19.1. The molecule has 0 bridgehead atoms. The summed E-state index contributed by atoms with van der Waals surface area (Å²) in [5.41, 5.74) is 0.925. The number of aliphatic hydroxyl groups is 1. The van der Waals surface area contributed by atoms with Gasteiger partial charge in [-0.1, -0.05) is 13.0 Å². The Kier molecular flexibility index (Phi) is 3.98. The first-order valence-electron chi connectivity index (χ1n) is 6.97. The summed E-state index contributed by atoms with van der Waals surface area (Å²) in [5, 5.41) is 10.8. The number of rotatable bonds is 3. The Bertz CT molecular complexity index is 460. The third-order valence-corrected chi connectivity index (χ3v) is 4.29. The van der Waals surface area contributed by atoms with E-state index in [1.165, 1.54) is 12.1 Å². The van der Waals surface area contributed by atoms with Crippen molar-refractivity contribution in [2.45, 2.75) is 57.7 Å². The van der Waals surface area contributed by atoms with Gasteiger partial charge in [0.2, 0.25) is 0 Å². The third kappa shape index (κ3) is 3.34. The fourth-order valence-corrected chi connectivity index (χ4v) is 2.91. The molecule has 1 fully saturated rings. The van der Waals surface area contributed by atoms with Gasteiger partial charge in [0.05, 0.1) is 17.8 Å². The first-order chi connectivity index (χ1) is 8.86. The quantitative estimate of drug-likeness (QED) is 0.908. The lowest BCUT2D eigenvalue weighted by Gasteiger charge is -2.43. The zero-order valence-electron chi connectivity index (χ0n) is 12.0. The van der Waals surface area contributed by atoms with Crippen LogP contribution in [0.5, 0.6) is 0 Å². The van der Waals surface area contributed by atoms with Crippen molar-refractivity contribution in [3.05, 3.63) is 35.1 Å². The molecule has 1 aliphatic rings. The molecule has 106 valence electrons. The number of ether oxygens (including phenoxy) is 1. The van der Waals surface area contributed by atoms with Gasteiger partial charge in [-0.3, -0.25) is 0 Å². The summed E-state index contributed by atoms with van der Waals surface area (Å²) in [6.07, 6.45) is 2.72. The van der Waals surface area contributed by atoms with Crippen molar-refractivity contribution in [1.82, 2.24) is 0 Å². The van der Waals surface area contributed by atoms with Crippen molar-refractivity contribution in [2.24, 2.45) is 0 Å². The lowest BCUT2D eigenvalue weighted by molar-refractivity contribution is -0.152. The Morgan fingerprint density at radius 3 is 2.79 bits per heavy atom. The van der Waals surface area contributed by atoms with Crippen LogP contribution in [0, 0.1) is 12.7 Å². The highest BCUT2D eigenvalue weighted by Gasteiger charge is 2.41. The summed E-state index contributed by atoms with van der Waals surface area (Å²) < 4.78 is 18.9. The van der Waals surface area contributed by atoms with Crippen LogP contribution in [0.4, 0.5) is 4.39 Å². The molecule has 19 heavy (non-hydrogen) atoms. The minimum atomic E-state index is -0.744. The Hall–Kier alpha value is -0.930. The van der Waals surface area contributed by atoms with Crippen LogP contribution in [0.2, 0.25) is 0 Å². The average molecular weight is 266 g/mol. The van der Waals surface area contributed by atoms with Gasteiger partial charge in [-0.25, -0.2) is 4.39 Å². The normalized spacial score (nSPS) is 31.4. The van der Waals surface area contributed by atoms with Gasteiger partial charge in [-0.2, -0.15) is 0 Å². The van der Waals surface area contributed by atoms with Crippen LogP contribution in [0.15, 0.2) is 18.2 Å². The molecule has 2 unspecified atom stereocenters. The molecule has 0 radical (unpaired) electrons. The average Bonchev–Trinajstić information content (AvgIpc) is 2.33. The first kappa shape index (κ1) is 14.5. The van der Waals surface area contributed by atoms with Crippen LogP contribution >= 0.6 is 0 Å². The second-order valence-electron chi connectivity index (χ2n) is 6.05. The van der Waals surface area contributed by atoms with E-state index in [4.69, 9.17) is 4.74 Å². The molecule has 1 saturated heterocycles. The lowest BCUT2D eigenvalue weighted by atomic mass is 9.78. The number of benzene rings is 1. The number of aryl methyl sites for hydroxylation is 1. The minimum Gasteiger partial charge on any atom is -0.389 e. The topological polar surface area (TPSA) is 29.5 Å². The Morgan fingerprint density at radius 1 is 1.42 bits per heavy atom. The molecule has 2 nitrogen and oxygen atoms in total. The molecule has 1 N–H and O–H groups in total. The molecule has 1 heterocycles. The van der Waals surface area contributed by atoms with Crippen LogP contribution in [-0.2, 0) is 11.2 Å². The van der Waals surface area contributed by atoms with E-state index in [1.54, 1.807) is 6.07 Å². The summed E-state index contributed by atoms with van der Waals surface area (Å²) in [6, 6.07) is 4.77. The van der Waals surface area contributed by atoms with Gasteiger partial charge < -0.3 is 9.84 Å². The van der Waals surface area contributed by atoms with E-state index in [9.17, 15) is 9.50 Å². The minimum absolute atomic E-state index is 0.224. The lowest BCUT2D eigenvalue weighted by Crippen LogP contribution is -2.48. The maximum atomic E-state index is 13.1. The fraction of sp³-hybridized carbons (Fsp3) is 0.625. The number of hydrogen-bond acceptors (Lipinski definition) is 2. The van der Waals surface area contributed by atoms with Crippen LogP contribution < -0.4 is 0 Å². The summed E-state index contributed by atoms with van der Waals surface area (Å²) >= 11 is 0. The van der Waals surface area contributed by atoms with Gasteiger partial charge in [0.1, 0.15) is 5.82 Å². The van der Waals surface area contributed by atoms with Crippen LogP contribution in [0.3, 0.4) is 0 Å². The van der Waals surface area contributed by atoms with Crippen molar-refractivity contribution in [1.29, 1.82) is 0 Å². The predicted octanol–water partition coefficient (Wildman–Crippen LogP) is 3.39.